The number of nitrogens with zero attached hydrogens (tertiary/aromatic N) is 1. The molecule has 1 N–H and O–H groups in total. The Bertz CT molecular complexity index is 586. The first-order valence-corrected chi connectivity index (χ1v) is 5.93. The summed E-state index contributed by atoms with van der Waals surface area (Å²) in [6, 6.07) is 1.29. The van der Waals surface area contributed by atoms with Crippen molar-refractivity contribution >= 4 is 11.7 Å². The van der Waals surface area contributed by atoms with E-state index in [2.05, 4.69) is 0 Å². The summed E-state index contributed by atoms with van der Waals surface area (Å²) in [6.45, 7) is -0.499. The molecule has 0 saturated heterocycles. The molecule has 0 saturated carbocycles. The highest BCUT2D eigenvalue weighted by atomic mass is 19.4. The van der Waals surface area contributed by atoms with Gasteiger partial charge in [-0.05, 0) is 18.6 Å². The van der Waals surface area contributed by atoms with Crippen LogP contribution in [0.15, 0.2) is 23.8 Å². The van der Waals surface area contributed by atoms with Gasteiger partial charge in [0, 0.05) is 18.7 Å². The van der Waals surface area contributed by atoms with Crippen molar-refractivity contribution in [2.45, 2.75) is 12.6 Å². The quantitative estimate of drug-likeness (QED) is 0.673. The van der Waals surface area contributed by atoms with Gasteiger partial charge in [0.15, 0.2) is 0 Å². The van der Waals surface area contributed by atoms with Gasteiger partial charge in [0.2, 0.25) is 0 Å². The summed E-state index contributed by atoms with van der Waals surface area (Å²) >= 11 is 0. The van der Waals surface area contributed by atoms with E-state index in [9.17, 15) is 26.7 Å². The highest BCUT2D eigenvalue weighted by molar-refractivity contribution is 5.88. The van der Waals surface area contributed by atoms with Crippen molar-refractivity contribution in [3.05, 3.63) is 41.0 Å². The van der Waals surface area contributed by atoms with Gasteiger partial charge in [-0.15, -0.1) is 0 Å². The minimum atomic E-state index is -4.45. The van der Waals surface area contributed by atoms with Crippen LogP contribution in [-0.4, -0.2) is 30.3 Å². The highest BCUT2D eigenvalue weighted by Crippen LogP contribution is 2.33. The lowest BCUT2D eigenvalue weighted by Crippen LogP contribution is -2.33. The summed E-state index contributed by atoms with van der Waals surface area (Å²) in [6.07, 6.45) is -3.97. The van der Waals surface area contributed by atoms with Crippen molar-refractivity contribution in [3.8, 4) is 0 Å². The fraction of sp³-hybridized carbons (Fsp3) is 0.308. The Kier molecular flexibility index (Phi) is 3.89. The molecule has 0 bridgehead atoms. The van der Waals surface area contributed by atoms with Crippen LogP contribution in [0.3, 0.4) is 0 Å². The number of carboxylic acids is 1. The molecule has 1 aromatic rings. The van der Waals surface area contributed by atoms with Crippen molar-refractivity contribution in [2.24, 2.45) is 0 Å². The molecule has 3 nitrogen and oxygen atoms in total. The average Bonchev–Trinajstić information content (AvgIpc) is 2.37. The minimum absolute atomic E-state index is 0.203. The second-order valence-corrected chi connectivity index (χ2v) is 4.52. The lowest BCUT2D eigenvalue weighted by molar-refractivity contribution is -0.0944. The van der Waals surface area contributed by atoms with Gasteiger partial charge in [-0.1, -0.05) is 6.08 Å². The zero-order valence-corrected chi connectivity index (χ0v) is 10.5. The maximum absolute atomic E-state index is 13.8. The van der Waals surface area contributed by atoms with Crippen LogP contribution >= 0.6 is 0 Å². The maximum atomic E-state index is 13.8. The van der Waals surface area contributed by atoms with E-state index in [-0.39, 0.29) is 19.5 Å². The highest BCUT2D eigenvalue weighted by Gasteiger charge is 2.35. The van der Waals surface area contributed by atoms with Crippen LogP contribution in [-0.2, 0) is 0 Å². The van der Waals surface area contributed by atoms with Crippen LogP contribution < -0.4 is 4.90 Å². The van der Waals surface area contributed by atoms with Crippen LogP contribution in [0.2, 0.25) is 0 Å². The van der Waals surface area contributed by atoms with E-state index in [4.69, 9.17) is 5.11 Å². The number of rotatable bonds is 2. The second-order valence-electron chi connectivity index (χ2n) is 4.52. The molecule has 2 rings (SSSR count). The number of carbonyl (C=O) groups is 1. The molecule has 0 atom stereocenters. The lowest BCUT2D eigenvalue weighted by atomic mass is 10.1. The summed E-state index contributed by atoms with van der Waals surface area (Å²) in [5.74, 6) is -3.72. The number of aromatic carboxylic acids is 1. The number of carboxylic acid groups (broad SMARTS) is 1. The largest absolute Gasteiger partial charge is 0.478 e. The monoisotopic (exact) mass is 307 g/mol. The van der Waals surface area contributed by atoms with Crippen LogP contribution in [0.1, 0.15) is 16.8 Å². The smallest absolute Gasteiger partial charge is 0.412 e. The van der Waals surface area contributed by atoms with Crippen molar-refractivity contribution in [3.63, 3.8) is 0 Å². The predicted molar refractivity (Wildman–Crippen MR) is 64.3 cm³/mol. The van der Waals surface area contributed by atoms with E-state index < -0.39 is 40.6 Å². The van der Waals surface area contributed by atoms with Crippen molar-refractivity contribution in [1.29, 1.82) is 0 Å². The van der Waals surface area contributed by atoms with Gasteiger partial charge in [-0.3, -0.25) is 0 Å². The zero-order chi connectivity index (χ0) is 15.8. The third kappa shape index (κ3) is 3.14. The van der Waals surface area contributed by atoms with Gasteiger partial charge in [-0.2, -0.15) is 13.2 Å². The van der Waals surface area contributed by atoms with Gasteiger partial charge in [0.05, 0.1) is 5.56 Å². The van der Waals surface area contributed by atoms with E-state index in [0.29, 0.717) is 12.1 Å². The number of hydrogen-bond acceptors (Lipinski definition) is 2. The van der Waals surface area contributed by atoms with Crippen LogP contribution in [0.4, 0.5) is 27.6 Å². The Balaban J connectivity index is 2.29. The number of halogens is 5. The van der Waals surface area contributed by atoms with Crippen LogP contribution in [0, 0.1) is 11.6 Å². The molecule has 0 aromatic heterocycles. The Labute approximate surface area is 116 Å². The van der Waals surface area contributed by atoms with Crippen LogP contribution in [0.5, 0.6) is 0 Å². The van der Waals surface area contributed by atoms with Gasteiger partial charge >= 0.3 is 12.1 Å². The summed E-state index contributed by atoms with van der Waals surface area (Å²) in [5.41, 5.74) is -1.81. The lowest BCUT2D eigenvalue weighted by Gasteiger charge is -2.29. The zero-order valence-electron chi connectivity index (χ0n) is 10.5. The number of alkyl halides is 3. The summed E-state index contributed by atoms with van der Waals surface area (Å²) in [5, 5.41) is 8.68. The molecular formula is C13H10F5NO2. The van der Waals surface area contributed by atoms with E-state index in [1.54, 1.807) is 0 Å². The first kappa shape index (κ1) is 15.3. The third-order valence-corrected chi connectivity index (χ3v) is 3.15. The molecule has 1 aromatic carbocycles. The molecule has 1 aliphatic rings. The Morgan fingerprint density at radius 2 is 1.76 bits per heavy atom. The van der Waals surface area contributed by atoms with Gasteiger partial charge < -0.3 is 10.0 Å². The normalized spacial score (nSPS) is 15.9. The van der Waals surface area contributed by atoms with Gasteiger partial charge in [0.1, 0.15) is 17.3 Å². The molecule has 8 heteroatoms. The van der Waals surface area contributed by atoms with E-state index in [0.717, 1.165) is 11.0 Å². The van der Waals surface area contributed by atoms with Crippen LogP contribution in [0.25, 0.3) is 0 Å². The topological polar surface area (TPSA) is 40.5 Å². The molecule has 114 valence electrons. The molecule has 0 amide bonds. The maximum Gasteiger partial charge on any atom is 0.412 e. The first-order valence-electron chi connectivity index (χ1n) is 5.93. The SMILES string of the molecule is O=C(O)c1cc(F)c(N2CC=C(C(F)(F)F)CC2)c(F)c1. The van der Waals surface area contributed by atoms with E-state index in [1.807, 2.05) is 0 Å². The van der Waals surface area contributed by atoms with Crippen molar-refractivity contribution in [2.75, 3.05) is 18.0 Å². The standard InChI is InChI=1S/C13H10F5NO2/c14-9-5-7(12(20)21)6-10(15)11(9)19-3-1-8(2-4-19)13(16,17)18/h1,5-6H,2-4H2,(H,20,21). The fourth-order valence-corrected chi connectivity index (χ4v) is 2.12. The molecule has 1 aliphatic heterocycles. The molecule has 0 spiro atoms. The van der Waals surface area contributed by atoms with Crippen molar-refractivity contribution < 1.29 is 31.9 Å². The fourth-order valence-electron chi connectivity index (χ4n) is 2.12. The third-order valence-electron chi connectivity index (χ3n) is 3.15. The van der Waals surface area contributed by atoms with Crippen molar-refractivity contribution in [1.82, 2.24) is 0 Å². The Morgan fingerprint density at radius 3 is 2.14 bits per heavy atom. The van der Waals surface area contributed by atoms with E-state index in [1.165, 1.54) is 0 Å². The Morgan fingerprint density at radius 1 is 1.19 bits per heavy atom. The first-order chi connectivity index (χ1) is 9.70. The Hall–Kier alpha value is -2.12. The molecular weight excluding hydrogens is 297 g/mol. The summed E-state index contributed by atoms with van der Waals surface area (Å²) < 4.78 is 65.0. The van der Waals surface area contributed by atoms with Gasteiger partial charge in [0.25, 0.3) is 0 Å². The molecule has 0 radical (unpaired) electrons. The second kappa shape index (κ2) is 5.34. The molecule has 0 unspecified atom stereocenters. The predicted octanol–water partition coefficient (Wildman–Crippen LogP) is 3.36. The minimum Gasteiger partial charge on any atom is -0.478 e. The number of anilines is 1. The number of benzene rings is 1. The number of hydrogen-bond donors (Lipinski definition) is 1. The average molecular weight is 307 g/mol. The molecule has 1 heterocycles. The molecule has 0 fully saturated rings. The summed E-state index contributed by atoms with van der Waals surface area (Å²) in [4.78, 5) is 11.8. The molecule has 0 aliphatic carbocycles. The van der Waals surface area contributed by atoms with Gasteiger partial charge in [-0.25, -0.2) is 13.6 Å². The molecule has 21 heavy (non-hydrogen) atoms. The summed E-state index contributed by atoms with van der Waals surface area (Å²) in [7, 11) is 0. The van der Waals surface area contributed by atoms with E-state index >= 15 is 0 Å².